The Kier molecular flexibility index (Phi) is 3.97. The van der Waals surface area contributed by atoms with Crippen LogP contribution in [0.5, 0.6) is 0 Å². The monoisotopic (exact) mass is 259 g/mol. The van der Waals surface area contributed by atoms with Crippen LogP contribution in [0.15, 0.2) is 53.7 Å². The molecule has 2 aromatic rings. The lowest BCUT2D eigenvalue weighted by Gasteiger charge is -2.10. The summed E-state index contributed by atoms with van der Waals surface area (Å²) in [5.74, 6) is -0.244. The predicted molar refractivity (Wildman–Crippen MR) is 72.7 cm³/mol. The van der Waals surface area contributed by atoms with Gasteiger partial charge in [0.2, 0.25) is 0 Å². The van der Waals surface area contributed by atoms with Crippen molar-refractivity contribution in [1.82, 2.24) is 0 Å². The summed E-state index contributed by atoms with van der Waals surface area (Å²) in [6, 6.07) is 13.5. The summed E-state index contributed by atoms with van der Waals surface area (Å²) < 4.78 is 13.0. The lowest BCUT2D eigenvalue weighted by atomic mass is 10.1. The molecule has 0 saturated heterocycles. The van der Waals surface area contributed by atoms with Crippen LogP contribution in [0.4, 0.5) is 10.1 Å². The Labute approximate surface area is 110 Å². The van der Waals surface area contributed by atoms with Crippen molar-refractivity contribution in [1.29, 1.82) is 0 Å². The molecule has 4 N–H and O–H groups in total. The number of rotatable bonds is 4. The zero-order chi connectivity index (χ0) is 13.7. The Bertz CT molecular complexity index is 599. The number of hydrogen-bond acceptors (Lipinski definition) is 3. The minimum absolute atomic E-state index is 0.0524. The van der Waals surface area contributed by atoms with E-state index in [1.165, 1.54) is 12.1 Å². The SMILES string of the molecule is NC(=NO)c1ccccc1CNc1cccc(F)c1. The van der Waals surface area contributed by atoms with E-state index in [4.69, 9.17) is 10.9 Å². The van der Waals surface area contributed by atoms with Gasteiger partial charge in [-0.05, 0) is 23.8 Å². The molecule has 0 atom stereocenters. The lowest BCUT2D eigenvalue weighted by Crippen LogP contribution is -2.16. The van der Waals surface area contributed by atoms with Gasteiger partial charge in [0.1, 0.15) is 5.82 Å². The molecule has 5 heteroatoms. The van der Waals surface area contributed by atoms with Crippen LogP contribution in [0.1, 0.15) is 11.1 Å². The van der Waals surface area contributed by atoms with Crippen LogP contribution in [-0.2, 0) is 6.54 Å². The maximum Gasteiger partial charge on any atom is 0.170 e. The molecule has 19 heavy (non-hydrogen) atoms. The average Bonchev–Trinajstić information content (AvgIpc) is 2.45. The van der Waals surface area contributed by atoms with Crippen molar-refractivity contribution in [2.24, 2.45) is 10.9 Å². The first-order valence-corrected chi connectivity index (χ1v) is 5.76. The van der Waals surface area contributed by atoms with Gasteiger partial charge < -0.3 is 16.3 Å². The Morgan fingerprint density at radius 1 is 1.21 bits per heavy atom. The van der Waals surface area contributed by atoms with Crippen molar-refractivity contribution in [2.45, 2.75) is 6.54 Å². The molecule has 0 heterocycles. The summed E-state index contributed by atoms with van der Waals surface area (Å²) in [6.45, 7) is 0.454. The fourth-order valence-electron chi connectivity index (χ4n) is 1.77. The number of benzene rings is 2. The Morgan fingerprint density at radius 3 is 2.74 bits per heavy atom. The third kappa shape index (κ3) is 3.22. The molecule has 4 nitrogen and oxygen atoms in total. The van der Waals surface area contributed by atoms with Gasteiger partial charge in [0.05, 0.1) is 0 Å². The van der Waals surface area contributed by atoms with Crippen LogP contribution in [0.2, 0.25) is 0 Å². The molecular weight excluding hydrogens is 245 g/mol. The van der Waals surface area contributed by atoms with Crippen molar-refractivity contribution in [3.05, 3.63) is 65.5 Å². The Morgan fingerprint density at radius 2 is 2.00 bits per heavy atom. The number of nitrogens with zero attached hydrogens (tertiary/aromatic N) is 1. The highest BCUT2D eigenvalue weighted by molar-refractivity contribution is 5.98. The highest BCUT2D eigenvalue weighted by Gasteiger charge is 2.06. The Balaban J connectivity index is 2.16. The van der Waals surface area contributed by atoms with E-state index < -0.39 is 0 Å². The van der Waals surface area contributed by atoms with Crippen LogP contribution in [0.25, 0.3) is 0 Å². The minimum Gasteiger partial charge on any atom is -0.409 e. The summed E-state index contributed by atoms with van der Waals surface area (Å²) in [5, 5.41) is 14.8. The number of amidine groups is 1. The quantitative estimate of drug-likeness (QED) is 0.342. The molecule has 0 bridgehead atoms. The second-order valence-corrected chi connectivity index (χ2v) is 4.01. The highest BCUT2D eigenvalue weighted by atomic mass is 19.1. The number of nitrogens with two attached hydrogens (primary N) is 1. The molecule has 98 valence electrons. The van der Waals surface area contributed by atoms with Crippen LogP contribution in [0.3, 0.4) is 0 Å². The maximum absolute atomic E-state index is 13.0. The van der Waals surface area contributed by atoms with E-state index in [0.29, 0.717) is 17.8 Å². The van der Waals surface area contributed by atoms with E-state index in [2.05, 4.69) is 10.5 Å². The van der Waals surface area contributed by atoms with Gasteiger partial charge in [-0.15, -0.1) is 0 Å². The minimum atomic E-state index is -0.297. The maximum atomic E-state index is 13.0. The molecule has 0 aliphatic carbocycles. The molecule has 0 amide bonds. The van der Waals surface area contributed by atoms with Gasteiger partial charge in [-0.1, -0.05) is 35.5 Å². The first-order chi connectivity index (χ1) is 9.20. The first kappa shape index (κ1) is 12.9. The summed E-state index contributed by atoms with van der Waals surface area (Å²) in [5.41, 5.74) is 7.79. The number of oxime groups is 1. The Hall–Kier alpha value is -2.56. The molecule has 0 fully saturated rings. The molecule has 0 aliphatic heterocycles. The summed E-state index contributed by atoms with van der Waals surface area (Å²) in [6.07, 6.45) is 0. The van der Waals surface area contributed by atoms with Crippen molar-refractivity contribution >= 4 is 11.5 Å². The number of halogens is 1. The second-order valence-electron chi connectivity index (χ2n) is 4.01. The lowest BCUT2D eigenvalue weighted by molar-refractivity contribution is 0.318. The molecule has 0 saturated carbocycles. The van der Waals surface area contributed by atoms with Crippen LogP contribution in [0, 0.1) is 5.82 Å². The van der Waals surface area contributed by atoms with E-state index in [-0.39, 0.29) is 11.7 Å². The molecule has 0 aliphatic rings. The van der Waals surface area contributed by atoms with Gasteiger partial charge in [-0.2, -0.15) is 0 Å². The highest BCUT2D eigenvalue weighted by Crippen LogP contribution is 2.13. The molecule has 0 unspecified atom stereocenters. The third-order valence-electron chi connectivity index (χ3n) is 2.71. The van der Waals surface area contributed by atoms with Gasteiger partial charge in [0, 0.05) is 17.8 Å². The normalized spacial score (nSPS) is 11.3. The van der Waals surface area contributed by atoms with Gasteiger partial charge >= 0.3 is 0 Å². The van der Waals surface area contributed by atoms with Gasteiger partial charge in [-0.3, -0.25) is 0 Å². The fraction of sp³-hybridized carbons (Fsp3) is 0.0714. The van der Waals surface area contributed by atoms with Crippen molar-refractivity contribution in [2.75, 3.05) is 5.32 Å². The second kappa shape index (κ2) is 5.86. The van der Waals surface area contributed by atoms with Crippen molar-refractivity contribution < 1.29 is 9.60 Å². The van der Waals surface area contributed by atoms with Gasteiger partial charge in [0.15, 0.2) is 5.84 Å². The van der Waals surface area contributed by atoms with Crippen LogP contribution >= 0.6 is 0 Å². The summed E-state index contributed by atoms with van der Waals surface area (Å²) >= 11 is 0. The van der Waals surface area contributed by atoms with Crippen molar-refractivity contribution in [3.8, 4) is 0 Å². The summed E-state index contributed by atoms with van der Waals surface area (Å²) in [4.78, 5) is 0. The molecule has 0 aromatic heterocycles. The molecule has 2 rings (SSSR count). The molecule has 2 aromatic carbocycles. The van der Waals surface area contributed by atoms with Crippen molar-refractivity contribution in [3.63, 3.8) is 0 Å². The molecular formula is C14H14FN3O. The van der Waals surface area contributed by atoms with Gasteiger partial charge in [-0.25, -0.2) is 4.39 Å². The van der Waals surface area contributed by atoms with E-state index in [0.717, 1.165) is 5.56 Å². The number of nitrogens with one attached hydrogen (secondary N) is 1. The summed E-state index contributed by atoms with van der Waals surface area (Å²) in [7, 11) is 0. The van der Waals surface area contributed by atoms with Gasteiger partial charge in [0.25, 0.3) is 0 Å². The van der Waals surface area contributed by atoms with Crippen LogP contribution in [-0.4, -0.2) is 11.0 Å². The standard InChI is InChI=1S/C14H14FN3O/c15-11-5-3-6-12(8-11)17-9-10-4-1-2-7-13(10)14(16)18-19/h1-8,17,19H,9H2,(H2,16,18). The average molecular weight is 259 g/mol. The number of hydrogen-bond donors (Lipinski definition) is 3. The fourth-order valence-corrected chi connectivity index (χ4v) is 1.77. The van der Waals surface area contributed by atoms with E-state index in [1.807, 2.05) is 12.1 Å². The van der Waals surface area contributed by atoms with E-state index in [9.17, 15) is 4.39 Å². The zero-order valence-electron chi connectivity index (χ0n) is 10.2. The van der Waals surface area contributed by atoms with E-state index in [1.54, 1.807) is 24.3 Å². The molecule has 0 spiro atoms. The predicted octanol–water partition coefficient (Wildman–Crippen LogP) is 2.53. The smallest absolute Gasteiger partial charge is 0.170 e. The third-order valence-corrected chi connectivity index (χ3v) is 2.71. The molecule has 0 radical (unpaired) electrons. The van der Waals surface area contributed by atoms with E-state index >= 15 is 0 Å². The largest absolute Gasteiger partial charge is 0.409 e. The van der Waals surface area contributed by atoms with Crippen LogP contribution < -0.4 is 11.1 Å². The topological polar surface area (TPSA) is 70.6 Å². The first-order valence-electron chi connectivity index (χ1n) is 5.76. The zero-order valence-corrected chi connectivity index (χ0v) is 10.2. The number of anilines is 1.